The first kappa shape index (κ1) is 76.3. The summed E-state index contributed by atoms with van der Waals surface area (Å²) in [5, 5.41) is 9.22. The maximum atomic E-state index is 13.7. The second-order valence-corrected chi connectivity index (χ2v) is 48.7. The van der Waals surface area contributed by atoms with Crippen LogP contribution in [0.2, 0.25) is 14.8 Å². The summed E-state index contributed by atoms with van der Waals surface area (Å²) in [5.74, 6) is 0. The Bertz CT molecular complexity index is 2660. The molecule has 2 aliphatic heterocycles. The van der Waals surface area contributed by atoms with Crippen LogP contribution in [-0.2, 0) is 37.5 Å². The number of rotatable bonds is 6. The number of aliphatic hydroxyl groups is 1. The topological polar surface area (TPSA) is 57.2 Å². The minimum atomic E-state index is -5.83. The van der Waals surface area contributed by atoms with E-state index >= 15 is 0 Å². The minimum absolute atomic E-state index is 0. The quantitative estimate of drug-likeness (QED) is 0.118. The third-order valence-electron chi connectivity index (χ3n) is 11.2. The molecule has 464 valence electrons. The van der Waals surface area contributed by atoms with Crippen molar-refractivity contribution in [3.05, 3.63) is 117 Å². The first-order chi connectivity index (χ1) is 35.6. The normalized spacial score (nSPS) is 16.9. The summed E-state index contributed by atoms with van der Waals surface area (Å²) in [5.41, 5.74) is -20.4. The number of methoxy groups -OCH3 is 1. The Morgan fingerprint density at radius 3 is 1.26 bits per heavy atom. The molecule has 5 nitrogen and oxygen atoms in total. The fraction of sp³-hybridized carbons (Fsp3) is 0.478. The molecule has 0 amide bonds. The van der Waals surface area contributed by atoms with Gasteiger partial charge in [-0.1, -0.05) is 7.43 Å². The number of hydrogen-bond donors (Lipinski definition) is 1. The van der Waals surface area contributed by atoms with Crippen LogP contribution in [0.3, 0.4) is 0 Å². The molecule has 0 bridgehead atoms. The van der Waals surface area contributed by atoms with E-state index in [2.05, 4.69) is 27.3 Å². The van der Waals surface area contributed by atoms with Gasteiger partial charge in [0.1, 0.15) is 0 Å². The van der Waals surface area contributed by atoms with Gasteiger partial charge >= 0.3 is 489 Å². The van der Waals surface area contributed by atoms with Gasteiger partial charge in [-0.25, -0.2) is 0 Å². The van der Waals surface area contributed by atoms with Gasteiger partial charge in [0.05, 0.1) is 0 Å². The van der Waals surface area contributed by atoms with Crippen molar-refractivity contribution in [1.29, 1.82) is 0 Å². The van der Waals surface area contributed by atoms with E-state index in [0.29, 0.717) is 41.9 Å². The zero-order valence-electron chi connectivity index (χ0n) is 41.2. The number of alkyl halides is 24. The predicted molar refractivity (Wildman–Crippen MR) is 241 cm³/mol. The van der Waals surface area contributed by atoms with Crippen LogP contribution in [0.15, 0.2) is 72.8 Å². The first-order valence-electron chi connectivity index (χ1n) is 21.2. The second-order valence-electron chi connectivity index (χ2n) is 18.1. The molecule has 1 N–H and O–H groups in total. The van der Waals surface area contributed by atoms with Gasteiger partial charge in [0.15, 0.2) is 0 Å². The van der Waals surface area contributed by atoms with E-state index < -0.39 is 160 Å². The molecule has 0 aromatic heterocycles. The second kappa shape index (κ2) is 26.1. The molecule has 81 heavy (non-hydrogen) atoms. The molecule has 4 aromatic carbocycles. The van der Waals surface area contributed by atoms with Crippen LogP contribution >= 0.6 is 20.7 Å². The van der Waals surface area contributed by atoms with E-state index in [1.807, 2.05) is 0 Å². The Morgan fingerprint density at radius 2 is 0.889 bits per heavy atom. The number of halogens is 26. The molecule has 4 aromatic rings. The van der Waals surface area contributed by atoms with Crippen molar-refractivity contribution in [2.45, 2.75) is 122 Å². The van der Waals surface area contributed by atoms with Crippen LogP contribution in [0, 0.1) is 93.3 Å². The van der Waals surface area contributed by atoms with Crippen molar-refractivity contribution in [3.63, 3.8) is 0 Å². The molecule has 0 radical (unpaired) electrons. The van der Waals surface area contributed by atoms with Crippen LogP contribution < -0.4 is 13.4 Å². The molecule has 35 heteroatoms. The summed E-state index contributed by atoms with van der Waals surface area (Å²) in [6, 6.07) is 14.2. The van der Waals surface area contributed by atoms with Crippen LogP contribution in [0.5, 0.6) is 0 Å². The van der Waals surface area contributed by atoms with Crippen molar-refractivity contribution >= 4 is 52.5 Å². The van der Waals surface area contributed by atoms with Gasteiger partial charge in [0, 0.05) is 0 Å². The van der Waals surface area contributed by atoms with Crippen molar-refractivity contribution in [2.24, 2.45) is 0 Å². The Hall–Kier alpha value is -0.782. The third kappa shape index (κ3) is 15.2. The number of fused-ring (bicyclic) bond motifs is 2. The third-order valence-corrected chi connectivity index (χ3v) is 32.0. The van der Waals surface area contributed by atoms with Crippen molar-refractivity contribution in [3.8, 4) is 0 Å². The number of hydrogen-bond acceptors (Lipinski definition) is 5. The molecule has 0 atom stereocenters. The van der Waals surface area contributed by atoms with Gasteiger partial charge in [-0.15, -0.1) is 0 Å². The molecule has 0 saturated heterocycles. The number of ether oxygens (including phenoxy) is 2. The molecule has 2 heterocycles. The zero-order chi connectivity index (χ0) is 62.6. The van der Waals surface area contributed by atoms with E-state index in [1.54, 1.807) is 14.8 Å². The summed E-state index contributed by atoms with van der Waals surface area (Å²) < 4.78 is 332. The molecule has 0 aliphatic carbocycles. The van der Waals surface area contributed by atoms with Crippen molar-refractivity contribution in [2.75, 3.05) is 13.9 Å². The average Bonchev–Trinajstić information content (AvgIpc) is 3.74. The summed E-state index contributed by atoms with van der Waals surface area (Å²) in [7, 11) is 6.62. The molecular formula is C46H43At3BrClF24O5Sn. The number of benzene rings is 4. The van der Waals surface area contributed by atoms with Crippen LogP contribution in [0.4, 0.5) is 105 Å². The first-order valence-corrected chi connectivity index (χ1v) is 48.0. The van der Waals surface area contributed by atoms with Crippen LogP contribution in [-0.4, -0.2) is 86.8 Å². The van der Waals surface area contributed by atoms with Gasteiger partial charge in [-0.05, 0) is 0 Å². The van der Waals surface area contributed by atoms with Gasteiger partial charge in [0.2, 0.25) is 0 Å². The van der Waals surface area contributed by atoms with Gasteiger partial charge in [-0.2, -0.15) is 0 Å². The molecule has 0 saturated carbocycles. The maximum absolute atomic E-state index is 13.7. The molecule has 0 unspecified atom stereocenters. The average molecular weight is 2000 g/mol. The monoisotopic (exact) mass is 2000 g/mol. The Labute approximate surface area is 492 Å². The van der Waals surface area contributed by atoms with Crippen molar-refractivity contribution in [1.82, 2.24) is 0 Å². The predicted octanol–water partition coefficient (Wildman–Crippen LogP) is 15.1. The molecule has 0 fully saturated rings. The molecule has 2 aliphatic rings. The molecule has 0 spiro atoms. The standard InChI is InChI=1S/C12H11F6O2.C10H6AtBrF6O.C10H6AtClF6O.C10H7AtF6O.CH4.3CH3.Sn/c1-8-4-3-5-9(6-8)10(11(13,14)15,12(16,17)18)20-7-19-2;2*1-5-2-3-7-6(4-5)8(9(13,14)15,10(16,17)18)19-11(7)12;1-5-2-3-7(11)6(4-5)8(18,9(12,13)14)10(15,16)17;;;;;/h3-4,6H,7H2,1-2H3;2*2-4H,1H3;2-4,18H,1H3;1H4;3*1H3;/i;3*11+1;;;;;. The number of aryl methyl sites for hydroxylation is 4. The van der Waals surface area contributed by atoms with Crippen molar-refractivity contribution < 1.29 is 191 Å². The van der Waals surface area contributed by atoms with Gasteiger partial charge in [0.25, 0.3) is 0 Å². The summed E-state index contributed by atoms with van der Waals surface area (Å²) in [6.45, 7) is 4.51. The zero-order valence-corrected chi connectivity index (χ0v) is 55.2. The van der Waals surface area contributed by atoms with Gasteiger partial charge < -0.3 is 0 Å². The van der Waals surface area contributed by atoms with E-state index in [9.17, 15) is 110 Å². The summed E-state index contributed by atoms with van der Waals surface area (Å²) in [4.78, 5) is 5.24. The SMILES string of the molecule is C.COCOC(c1cc(C)cc[c]1[Sn]([CH3])([CH3])[CH3])(C(F)(F)F)C(F)(F)F.Cc1ccc([211At])c(C(O)(C(F)(F)F)C(F)(F)F)c1.Cc1ccc2c(c1)C(C(F)(F)F)(C(F)(F)F)O[211At]2Br.Cc1ccc2c(c1)C(C(F)(F)F)(C(F)(F)F)O[211At]2Cl. The van der Waals surface area contributed by atoms with Gasteiger partial charge in [-0.3, -0.25) is 0 Å². The fourth-order valence-electron chi connectivity index (χ4n) is 7.39. The fourth-order valence-corrected chi connectivity index (χ4v) is 27.0. The summed E-state index contributed by atoms with van der Waals surface area (Å²) in [6.07, 6.45) is -45.4. The van der Waals surface area contributed by atoms with E-state index in [-0.39, 0.29) is 31.9 Å². The van der Waals surface area contributed by atoms with Crippen LogP contribution in [0.25, 0.3) is 0 Å². The Morgan fingerprint density at radius 1 is 0.543 bits per heavy atom. The molecule has 6 rings (SSSR count). The Kier molecular flexibility index (Phi) is 24.6. The van der Waals surface area contributed by atoms with E-state index in [4.69, 9.17) is 8.51 Å². The van der Waals surface area contributed by atoms with E-state index in [0.717, 1.165) is 31.4 Å². The van der Waals surface area contributed by atoms with E-state index in [1.165, 1.54) is 70.2 Å². The summed E-state index contributed by atoms with van der Waals surface area (Å²) >= 11 is -6.97. The Balaban J connectivity index is 0.000000370. The van der Waals surface area contributed by atoms with Crippen LogP contribution in [0.1, 0.15) is 51.9 Å². The molecular weight excluding hydrogens is 1960 g/mol.